The smallest absolute Gasteiger partial charge is 0.0593 e. The Labute approximate surface area is 96.1 Å². The lowest BCUT2D eigenvalue weighted by Gasteiger charge is -2.29. The number of rotatable bonds is 6. The number of halogens is 1. The maximum Gasteiger partial charge on any atom is 0.0593 e. The van der Waals surface area contributed by atoms with Gasteiger partial charge in [0.05, 0.1) is 6.61 Å². The highest BCUT2D eigenvalue weighted by Gasteiger charge is 2.16. The van der Waals surface area contributed by atoms with Crippen molar-refractivity contribution in [3.63, 3.8) is 0 Å². The summed E-state index contributed by atoms with van der Waals surface area (Å²) >= 11 is 3.68. The summed E-state index contributed by atoms with van der Waals surface area (Å²) in [6.07, 6.45) is 5.08. The topological polar surface area (TPSA) is 12.5 Å². The van der Waals surface area contributed by atoms with Crippen LogP contribution in [0.5, 0.6) is 0 Å². The zero-order chi connectivity index (χ0) is 10.2. The van der Waals surface area contributed by atoms with Crippen LogP contribution in [0.4, 0.5) is 0 Å². The summed E-state index contributed by atoms with van der Waals surface area (Å²) in [5, 5.41) is 0. The molecule has 84 valence electrons. The first-order chi connectivity index (χ1) is 6.83. The van der Waals surface area contributed by atoms with Crippen LogP contribution in [-0.2, 0) is 4.74 Å². The van der Waals surface area contributed by atoms with Crippen LogP contribution >= 0.6 is 15.9 Å². The molecule has 1 atom stereocenters. The predicted molar refractivity (Wildman–Crippen MR) is 64.1 cm³/mol. The number of nitrogens with zero attached hydrogens (tertiary/aromatic N) is 1. The number of hydrogen-bond acceptors (Lipinski definition) is 2. The average molecular weight is 264 g/mol. The summed E-state index contributed by atoms with van der Waals surface area (Å²) in [7, 11) is 0. The zero-order valence-electron chi connectivity index (χ0n) is 9.17. The van der Waals surface area contributed by atoms with Gasteiger partial charge in [-0.3, -0.25) is 4.90 Å². The molecule has 0 amide bonds. The molecule has 1 unspecified atom stereocenters. The first-order valence-electron chi connectivity index (χ1n) is 5.77. The van der Waals surface area contributed by atoms with Crippen molar-refractivity contribution in [2.24, 2.45) is 0 Å². The largest absolute Gasteiger partial charge is 0.380 e. The monoisotopic (exact) mass is 263 g/mol. The quantitative estimate of drug-likeness (QED) is 0.540. The van der Waals surface area contributed by atoms with Gasteiger partial charge in [0.1, 0.15) is 0 Å². The second kappa shape index (κ2) is 7.66. The van der Waals surface area contributed by atoms with E-state index < -0.39 is 0 Å². The van der Waals surface area contributed by atoms with Gasteiger partial charge in [-0.05, 0) is 25.8 Å². The van der Waals surface area contributed by atoms with Crippen LogP contribution in [0.2, 0.25) is 0 Å². The highest BCUT2D eigenvalue weighted by Crippen LogP contribution is 2.16. The summed E-state index contributed by atoms with van der Waals surface area (Å²) in [5.41, 5.74) is 0. The molecule has 0 aromatic carbocycles. The fourth-order valence-electron chi connectivity index (χ4n) is 1.74. The molecule has 1 aliphatic heterocycles. The van der Waals surface area contributed by atoms with Crippen molar-refractivity contribution in [2.45, 2.75) is 37.4 Å². The minimum absolute atomic E-state index is 0.701. The third kappa shape index (κ3) is 5.32. The summed E-state index contributed by atoms with van der Waals surface area (Å²) in [6.45, 7) is 7.58. The van der Waals surface area contributed by atoms with E-state index in [4.69, 9.17) is 4.74 Å². The SMILES string of the molecule is CCCCOCCN1CCCC(Br)C1. The van der Waals surface area contributed by atoms with Gasteiger partial charge >= 0.3 is 0 Å². The molecule has 0 bridgehead atoms. The summed E-state index contributed by atoms with van der Waals surface area (Å²) in [5.74, 6) is 0. The molecule has 1 heterocycles. The molecule has 2 nitrogen and oxygen atoms in total. The number of piperidine rings is 1. The van der Waals surface area contributed by atoms with Crippen molar-refractivity contribution in [3.8, 4) is 0 Å². The molecule has 0 aromatic rings. The van der Waals surface area contributed by atoms with Gasteiger partial charge in [-0.2, -0.15) is 0 Å². The van der Waals surface area contributed by atoms with E-state index in [1.165, 1.54) is 38.8 Å². The van der Waals surface area contributed by atoms with E-state index in [2.05, 4.69) is 27.8 Å². The van der Waals surface area contributed by atoms with Crippen LogP contribution in [0.1, 0.15) is 32.6 Å². The first kappa shape index (κ1) is 12.5. The number of hydrogen-bond donors (Lipinski definition) is 0. The van der Waals surface area contributed by atoms with Crippen molar-refractivity contribution in [3.05, 3.63) is 0 Å². The Bertz CT molecular complexity index is 143. The zero-order valence-corrected chi connectivity index (χ0v) is 10.8. The Balaban J connectivity index is 1.95. The lowest BCUT2D eigenvalue weighted by Crippen LogP contribution is -2.37. The number of unbranched alkanes of at least 4 members (excludes halogenated alkanes) is 1. The van der Waals surface area contributed by atoms with Crippen molar-refractivity contribution >= 4 is 15.9 Å². The van der Waals surface area contributed by atoms with Gasteiger partial charge in [0, 0.05) is 24.5 Å². The standard InChI is InChI=1S/C11H22BrNO/c1-2-3-8-14-9-7-13-6-4-5-11(12)10-13/h11H,2-10H2,1H3. The van der Waals surface area contributed by atoms with Crippen LogP contribution in [0.15, 0.2) is 0 Å². The molecule has 1 saturated heterocycles. The predicted octanol–water partition coefficient (Wildman–Crippen LogP) is 2.66. The number of ether oxygens (including phenoxy) is 1. The minimum atomic E-state index is 0.701. The molecule has 0 saturated carbocycles. The van der Waals surface area contributed by atoms with Crippen LogP contribution in [0, 0.1) is 0 Å². The molecule has 0 aromatic heterocycles. The molecular weight excluding hydrogens is 242 g/mol. The molecule has 1 rings (SSSR count). The summed E-state index contributed by atoms with van der Waals surface area (Å²) in [6, 6.07) is 0. The Kier molecular flexibility index (Phi) is 6.82. The number of alkyl halides is 1. The second-order valence-corrected chi connectivity index (χ2v) is 5.30. The Morgan fingerprint density at radius 1 is 1.43 bits per heavy atom. The number of likely N-dealkylation sites (tertiary alicyclic amines) is 1. The van der Waals surface area contributed by atoms with Gasteiger partial charge in [-0.25, -0.2) is 0 Å². The Hall–Kier alpha value is 0.400. The summed E-state index contributed by atoms with van der Waals surface area (Å²) < 4.78 is 5.56. The fraction of sp³-hybridized carbons (Fsp3) is 1.00. The first-order valence-corrected chi connectivity index (χ1v) is 6.68. The van der Waals surface area contributed by atoms with Gasteiger partial charge in [0.25, 0.3) is 0 Å². The van der Waals surface area contributed by atoms with E-state index in [0.717, 1.165) is 19.8 Å². The van der Waals surface area contributed by atoms with E-state index in [1.54, 1.807) is 0 Å². The van der Waals surface area contributed by atoms with E-state index in [-0.39, 0.29) is 0 Å². The third-order valence-corrected chi connectivity index (χ3v) is 3.39. The lowest BCUT2D eigenvalue weighted by atomic mass is 10.1. The molecule has 1 aliphatic rings. The average Bonchev–Trinajstić information content (AvgIpc) is 2.18. The highest BCUT2D eigenvalue weighted by molar-refractivity contribution is 9.09. The van der Waals surface area contributed by atoms with Crippen LogP contribution < -0.4 is 0 Å². The van der Waals surface area contributed by atoms with E-state index in [9.17, 15) is 0 Å². The minimum Gasteiger partial charge on any atom is -0.380 e. The van der Waals surface area contributed by atoms with Gasteiger partial charge < -0.3 is 4.74 Å². The second-order valence-electron chi connectivity index (χ2n) is 4.01. The van der Waals surface area contributed by atoms with E-state index in [1.807, 2.05) is 0 Å². The van der Waals surface area contributed by atoms with Gasteiger partial charge in [-0.1, -0.05) is 29.3 Å². The highest BCUT2D eigenvalue weighted by atomic mass is 79.9. The van der Waals surface area contributed by atoms with Crippen LogP contribution in [-0.4, -0.2) is 42.6 Å². The van der Waals surface area contributed by atoms with Gasteiger partial charge in [0.15, 0.2) is 0 Å². The molecule has 0 radical (unpaired) electrons. The van der Waals surface area contributed by atoms with Crippen LogP contribution in [0.25, 0.3) is 0 Å². The molecule has 0 aliphatic carbocycles. The molecule has 1 fully saturated rings. The molecular formula is C11H22BrNO. The Morgan fingerprint density at radius 2 is 2.29 bits per heavy atom. The lowest BCUT2D eigenvalue weighted by molar-refractivity contribution is 0.0959. The van der Waals surface area contributed by atoms with Crippen molar-refractivity contribution in [1.29, 1.82) is 0 Å². The molecule has 3 heteroatoms. The maximum absolute atomic E-state index is 5.56. The van der Waals surface area contributed by atoms with E-state index in [0.29, 0.717) is 4.83 Å². The van der Waals surface area contributed by atoms with Crippen molar-refractivity contribution in [2.75, 3.05) is 32.8 Å². The van der Waals surface area contributed by atoms with Crippen molar-refractivity contribution < 1.29 is 4.74 Å². The van der Waals surface area contributed by atoms with Gasteiger partial charge in [-0.15, -0.1) is 0 Å². The Morgan fingerprint density at radius 3 is 3.00 bits per heavy atom. The summed E-state index contributed by atoms with van der Waals surface area (Å²) in [4.78, 5) is 3.20. The van der Waals surface area contributed by atoms with E-state index >= 15 is 0 Å². The molecule has 0 spiro atoms. The normalized spacial score (nSPS) is 24.0. The van der Waals surface area contributed by atoms with Crippen LogP contribution in [0.3, 0.4) is 0 Å². The van der Waals surface area contributed by atoms with Gasteiger partial charge in [0.2, 0.25) is 0 Å². The third-order valence-electron chi connectivity index (χ3n) is 2.64. The molecule has 0 N–H and O–H groups in total. The van der Waals surface area contributed by atoms with Crippen molar-refractivity contribution in [1.82, 2.24) is 4.90 Å². The fourth-order valence-corrected chi connectivity index (χ4v) is 2.48. The molecule has 14 heavy (non-hydrogen) atoms. The maximum atomic E-state index is 5.56.